The van der Waals surface area contributed by atoms with Crippen molar-refractivity contribution in [2.75, 3.05) is 38.6 Å². The van der Waals surface area contributed by atoms with Crippen molar-refractivity contribution in [3.63, 3.8) is 0 Å². The summed E-state index contributed by atoms with van der Waals surface area (Å²) in [5, 5.41) is 18.4. The van der Waals surface area contributed by atoms with Gasteiger partial charge in [-0.2, -0.15) is 0 Å². The van der Waals surface area contributed by atoms with Gasteiger partial charge in [-0.15, -0.1) is 10.2 Å². The maximum absolute atomic E-state index is 10.5. The number of likely N-dealkylation sites (N-methyl/N-ethyl adjacent to an activating group) is 2. The lowest BCUT2D eigenvalue weighted by molar-refractivity contribution is 0.0899. The van der Waals surface area contributed by atoms with E-state index in [0.717, 1.165) is 26.1 Å². The normalized spacial score (nSPS) is 23.2. The van der Waals surface area contributed by atoms with Crippen molar-refractivity contribution in [3.8, 4) is 0 Å². The van der Waals surface area contributed by atoms with Crippen molar-refractivity contribution in [1.29, 1.82) is 0 Å². The molecule has 26 heavy (non-hydrogen) atoms. The first-order chi connectivity index (χ1) is 12.5. The Morgan fingerprint density at radius 3 is 2.92 bits per heavy atom. The molecule has 0 bridgehead atoms. The molecule has 4 rings (SSSR count). The van der Waals surface area contributed by atoms with E-state index in [1.54, 1.807) is 6.92 Å². The fraction of sp³-hybridized carbons (Fsp3) is 0.579. The third kappa shape index (κ3) is 3.47. The van der Waals surface area contributed by atoms with Crippen LogP contribution in [0.1, 0.15) is 22.9 Å². The van der Waals surface area contributed by atoms with E-state index in [1.807, 2.05) is 7.05 Å². The summed E-state index contributed by atoms with van der Waals surface area (Å²) in [7, 11) is 4.15. The van der Waals surface area contributed by atoms with E-state index in [9.17, 15) is 5.11 Å². The predicted octanol–water partition coefficient (Wildman–Crippen LogP) is 1.05. The number of benzene rings is 1. The number of aromatic nitrogens is 2. The number of aliphatic hydroxyl groups is 1. The minimum absolute atomic E-state index is 0.0720. The monoisotopic (exact) mass is 357 g/mol. The molecular formula is C19H27N5O2. The first-order valence-electron chi connectivity index (χ1n) is 9.22. The molecule has 0 amide bonds. The second-order valence-corrected chi connectivity index (χ2v) is 7.59. The number of fused-ring (bicyclic) bond motifs is 1. The predicted molar refractivity (Wildman–Crippen MR) is 99.0 cm³/mol. The molecule has 0 saturated carbocycles. The van der Waals surface area contributed by atoms with E-state index in [-0.39, 0.29) is 12.1 Å². The lowest BCUT2D eigenvalue weighted by atomic mass is 10.1. The van der Waals surface area contributed by atoms with Crippen LogP contribution < -0.4 is 4.90 Å². The topological polar surface area (TPSA) is 68.9 Å². The first-order valence-corrected chi connectivity index (χ1v) is 9.22. The van der Waals surface area contributed by atoms with Gasteiger partial charge < -0.3 is 14.4 Å². The quantitative estimate of drug-likeness (QED) is 0.858. The van der Waals surface area contributed by atoms with Crippen LogP contribution in [-0.4, -0.2) is 71.0 Å². The second kappa shape index (κ2) is 6.98. The molecule has 2 aliphatic rings. The van der Waals surface area contributed by atoms with E-state index < -0.39 is 0 Å². The molecule has 1 fully saturated rings. The van der Waals surface area contributed by atoms with E-state index in [1.165, 1.54) is 16.8 Å². The molecule has 7 nitrogen and oxygen atoms in total. The lowest BCUT2D eigenvalue weighted by Gasteiger charge is -2.25. The molecule has 1 saturated heterocycles. The zero-order valence-corrected chi connectivity index (χ0v) is 15.7. The molecule has 1 aromatic heterocycles. The van der Waals surface area contributed by atoms with Gasteiger partial charge in [0.2, 0.25) is 11.8 Å². The van der Waals surface area contributed by atoms with Crippen LogP contribution in [0.2, 0.25) is 0 Å². The van der Waals surface area contributed by atoms with E-state index in [4.69, 9.17) is 4.42 Å². The van der Waals surface area contributed by atoms with Crippen molar-refractivity contribution >= 4 is 5.69 Å². The van der Waals surface area contributed by atoms with Crippen LogP contribution in [0, 0.1) is 6.92 Å². The van der Waals surface area contributed by atoms with Gasteiger partial charge in [-0.25, -0.2) is 0 Å². The molecule has 0 unspecified atom stereocenters. The Kier molecular flexibility index (Phi) is 4.69. The number of hydrogen-bond acceptors (Lipinski definition) is 7. The smallest absolute Gasteiger partial charge is 0.230 e. The largest absolute Gasteiger partial charge is 0.424 e. The van der Waals surface area contributed by atoms with Crippen LogP contribution in [-0.2, 0) is 19.5 Å². The Balaban J connectivity index is 1.37. The number of likely N-dealkylation sites (tertiary alicyclic amines) is 1. The van der Waals surface area contributed by atoms with E-state index in [2.05, 4.69) is 50.1 Å². The molecule has 1 aromatic carbocycles. The summed E-state index contributed by atoms with van der Waals surface area (Å²) >= 11 is 0. The van der Waals surface area contributed by atoms with Crippen molar-refractivity contribution in [3.05, 3.63) is 41.1 Å². The molecule has 0 aliphatic carbocycles. The summed E-state index contributed by atoms with van der Waals surface area (Å²) in [5.74, 6) is 1.17. The fourth-order valence-electron chi connectivity index (χ4n) is 4.12. The van der Waals surface area contributed by atoms with Crippen molar-refractivity contribution in [2.24, 2.45) is 0 Å². The van der Waals surface area contributed by atoms with Gasteiger partial charge >= 0.3 is 0 Å². The lowest BCUT2D eigenvalue weighted by Crippen LogP contribution is -2.40. The van der Waals surface area contributed by atoms with E-state index >= 15 is 0 Å². The van der Waals surface area contributed by atoms with Crippen LogP contribution in [0.4, 0.5) is 5.69 Å². The summed E-state index contributed by atoms with van der Waals surface area (Å²) in [6.07, 6.45) is 0.752. The molecular weight excluding hydrogens is 330 g/mol. The van der Waals surface area contributed by atoms with Crippen LogP contribution in [0.15, 0.2) is 22.6 Å². The Morgan fingerprint density at radius 2 is 2.15 bits per heavy atom. The summed E-state index contributed by atoms with van der Waals surface area (Å²) < 4.78 is 5.46. The van der Waals surface area contributed by atoms with E-state index in [0.29, 0.717) is 24.9 Å². The Hall–Kier alpha value is -1.96. The summed E-state index contributed by atoms with van der Waals surface area (Å²) in [4.78, 5) is 6.74. The second-order valence-electron chi connectivity index (χ2n) is 7.59. The SMILES string of the molecule is Cc1nnc(CN(C)[C@@H]2CN(Cc3ccc4c(c3)CCN4C)C[C@H]2O)o1. The molecule has 2 atom stereocenters. The van der Waals surface area contributed by atoms with Crippen LogP contribution in [0.5, 0.6) is 0 Å². The third-order valence-electron chi connectivity index (χ3n) is 5.53. The standard InChI is InChI=1S/C19H27N5O2/c1-13-20-21-19(26-13)12-23(3)17-10-24(11-18(17)25)9-14-4-5-16-15(8-14)6-7-22(16)2/h4-5,8,17-18,25H,6-7,9-12H2,1-3H3/t17-,18-/m1/s1. The van der Waals surface area contributed by atoms with Crippen LogP contribution in [0.25, 0.3) is 0 Å². The minimum Gasteiger partial charge on any atom is -0.424 e. The van der Waals surface area contributed by atoms with Gasteiger partial charge in [0.1, 0.15) is 0 Å². The highest BCUT2D eigenvalue weighted by atomic mass is 16.4. The maximum Gasteiger partial charge on any atom is 0.230 e. The molecule has 2 aliphatic heterocycles. The zero-order valence-electron chi connectivity index (χ0n) is 15.7. The highest BCUT2D eigenvalue weighted by Gasteiger charge is 2.34. The number of nitrogens with zero attached hydrogens (tertiary/aromatic N) is 5. The number of aliphatic hydroxyl groups excluding tert-OH is 1. The molecule has 3 heterocycles. The van der Waals surface area contributed by atoms with Crippen molar-refractivity contribution in [2.45, 2.75) is 38.6 Å². The van der Waals surface area contributed by atoms with Gasteiger partial charge in [-0.1, -0.05) is 12.1 Å². The third-order valence-corrected chi connectivity index (χ3v) is 5.53. The van der Waals surface area contributed by atoms with Gasteiger partial charge in [0, 0.05) is 51.9 Å². The molecule has 0 spiro atoms. The number of hydrogen-bond donors (Lipinski definition) is 1. The number of rotatable bonds is 5. The highest BCUT2D eigenvalue weighted by molar-refractivity contribution is 5.58. The molecule has 7 heteroatoms. The molecule has 0 radical (unpaired) electrons. The first kappa shape index (κ1) is 17.5. The van der Waals surface area contributed by atoms with Crippen LogP contribution in [0.3, 0.4) is 0 Å². The fourth-order valence-corrected chi connectivity index (χ4v) is 4.12. The Morgan fingerprint density at radius 1 is 1.31 bits per heavy atom. The molecule has 2 aromatic rings. The summed E-state index contributed by atoms with van der Waals surface area (Å²) in [6.45, 7) is 5.84. The number of aryl methyl sites for hydroxylation is 1. The van der Waals surface area contributed by atoms with Crippen LogP contribution >= 0.6 is 0 Å². The van der Waals surface area contributed by atoms with Gasteiger partial charge in [0.25, 0.3) is 0 Å². The summed E-state index contributed by atoms with van der Waals surface area (Å²) in [6, 6.07) is 6.84. The maximum atomic E-state index is 10.5. The van der Waals surface area contributed by atoms with Gasteiger partial charge in [-0.05, 0) is 30.7 Å². The van der Waals surface area contributed by atoms with Crippen molar-refractivity contribution in [1.82, 2.24) is 20.0 Å². The number of anilines is 1. The zero-order chi connectivity index (χ0) is 18.3. The van der Waals surface area contributed by atoms with Gasteiger partial charge in [0.15, 0.2) is 0 Å². The Labute approximate surface area is 154 Å². The summed E-state index contributed by atoms with van der Waals surface area (Å²) in [5.41, 5.74) is 4.11. The minimum atomic E-state index is -0.371. The molecule has 140 valence electrons. The molecule has 1 N–H and O–H groups in total. The Bertz CT molecular complexity index is 777. The van der Waals surface area contributed by atoms with Crippen molar-refractivity contribution < 1.29 is 9.52 Å². The highest BCUT2D eigenvalue weighted by Crippen LogP contribution is 2.28. The average molecular weight is 357 g/mol. The van der Waals surface area contributed by atoms with Gasteiger partial charge in [0.05, 0.1) is 12.6 Å². The number of β-amino-alcohol motifs (C(OH)–C–C–N with tert-alkyl or cyclic N) is 1. The van der Waals surface area contributed by atoms with Gasteiger partial charge in [-0.3, -0.25) is 9.80 Å². The average Bonchev–Trinajstić information content (AvgIpc) is 3.28.